The Morgan fingerprint density at radius 3 is 2.95 bits per heavy atom. The number of ether oxygens (including phenoxy) is 1. The summed E-state index contributed by atoms with van der Waals surface area (Å²) in [5, 5.41) is 0. The van der Waals surface area contributed by atoms with Crippen LogP contribution in [0.1, 0.15) is 18.9 Å². The number of fused-ring (bicyclic) bond motifs is 3. The molecular formula is C18H19N2O2+. The Kier molecular flexibility index (Phi) is 2.93. The highest BCUT2D eigenvalue weighted by atomic mass is 16.6. The van der Waals surface area contributed by atoms with E-state index in [1.807, 2.05) is 28.8 Å². The molecule has 4 rings (SSSR count). The van der Waals surface area contributed by atoms with E-state index in [-0.39, 0.29) is 18.2 Å². The summed E-state index contributed by atoms with van der Waals surface area (Å²) in [5.41, 5.74) is 4.63. The normalized spacial score (nSPS) is 22.5. The van der Waals surface area contributed by atoms with E-state index < -0.39 is 0 Å². The van der Waals surface area contributed by atoms with Gasteiger partial charge in [-0.3, -0.25) is 4.90 Å². The summed E-state index contributed by atoms with van der Waals surface area (Å²) in [7, 11) is 2.02. The highest BCUT2D eigenvalue weighted by Gasteiger charge is 2.46. The molecule has 0 N–H and O–H groups in total. The average Bonchev–Trinajstić information content (AvgIpc) is 3.04. The molecule has 3 heterocycles. The van der Waals surface area contributed by atoms with Gasteiger partial charge in [0, 0.05) is 11.6 Å². The van der Waals surface area contributed by atoms with Crippen LogP contribution in [-0.2, 0) is 18.2 Å². The summed E-state index contributed by atoms with van der Waals surface area (Å²) in [6.45, 7) is 2.07. The van der Waals surface area contributed by atoms with Crippen molar-refractivity contribution in [2.75, 3.05) is 4.90 Å². The summed E-state index contributed by atoms with van der Waals surface area (Å²) < 4.78 is 7.50. The highest BCUT2D eigenvalue weighted by Crippen LogP contribution is 2.41. The van der Waals surface area contributed by atoms with Crippen LogP contribution in [0.5, 0.6) is 0 Å². The van der Waals surface area contributed by atoms with E-state index >= 15 is 0 Å². The number of amides is 1. The molecule has 2 aliphatic rings. The zero-order valence-electron chi connectivity index (χ0n) is 12.8. The zero-order valence-corrected chi connectivity index (χ0v) is 12.8. The summed E-state index contributed by atoms with van der Waals surface area (Å²) in [6.07, 6.45) is 5.69. The van der Waals surface area contributed by atoms with Crippen LogP contribution < -0.4 is 9.47 Å². The molecular weight excluding hydrogens is 276 g/mol. The van der Waals surface area contributed by atoms with Crippen molar-refractivity contribution in [1.29, 1.82) is 0 Å². The number of benzene rings is 1. The lowest BCUT2D eigenvalue weighted by Crippen LogP contribution is -2.32. The number of carbonyl (C=O) groups is 1. The molecule has 0 spiro atoms. The Labute approximate surface area is 129 Å². The van der Waals surface area contributed by atoms with Gasteiger partial charge in [0.1, 0.15) is 13.2 Å². The number of cyclic esters (lactones) is 1. The smallest absolute Gasteiger partial charge is 0.415 e. The first-order valence-electron chi connectivity index (χ1n) is 7.76. The van der Waals surface area contributed by atoms with Gasteiger partial charge >= 0.3 is 6.09 Å². The van der Waals surface area contributed by atoms with Crippen LogP contribution in [0.15, 0.2) is 42.7 Å². The van der Waals surface area contributed by atoms with Crippen molar-refractivity contribution < 1.29 is 14.1 Å². The van der Waals surface area contributed by atoms with Crippen molar-refractivity contribution >= 4 is 11.8 Å². The van der Waals surface area contributed by atoms with Crippen LogP contribution in [0.2, 0.25) is 0 Å². The van der Waals surface area contributed by atoms with Gasteiger partial charge in [0.05, 0.1) is 11.7 Å². The highest BCUT2D eigenvalue weighted by molar-refractivity contribution is 5.94. The molecule has 112 valence electrons. The van der Waals surface area contributed by atoms with Gasteiger partial charge in [-0.15, -0.1) is 0 Å². The Bertz CT molecular complexity index is 757. The number of anilines is 1. The van der Waals surface area contributed by atoms with Crippen LogP contribution in [0.3, 0.4) is 0 Å². The molecule has 2 unspecified atom stereocenters. The van der Waals surface area contributed by atoms with Crippen molar-refractivity contribution in [3.63, 3.8) is 0 Å². The third kappa shape index (κ3) is 1.90. The van der Waals surface area contributed by atoms with Crippen LogP contribution in [0, 0.1) is 0 Å². The molecule has 4 nitrogen and oxygen atoms in total. The van der Waals surface area contributed by atoms with E-state index in [1.165, 1.54) is 16.7 Å². The number of hydrogen-bond acceptors (Lipinski definition) is 2. The van der Waals surface area contributed by atoms with Crippen LogP contribution >= 0.6 is 0 Å². The molecule has 1 amide bonds. The van der Waals surface area contributed by atoms with Crippen molar-refractivity contribution in [3.8, 4) is 11.1 Å². The Hall–Kier alpha value is -2.36. The molecule has 2 atom stereocenters. The number of pyridine rings is 1. The minimum atomic E-state index is -0.200. The van der Waals surface area contributed by atoms with Gasteiger partial charge in [0.15, 0.2) is 12.4 Å². The molecule has 1 fully saturated rings. The minimum Gasteiger partial charge on any atom is -0.444 e. The number of nitrogens with zero attached hydrogens (tertiary/aromatic N) is 2. The van der Waals surface area contributed by atoms with Crippen molar-refractivity contribution in [3.05, 3.63) is 48.3 Å². The average molecular weight is 295 g/mol. The van der Waals surface area contributed by atoms with Crippen LogP contribution in [0.4, 0.5) is 10.5 Å². The first-order chi connectivity index (χ1) is 10.7. The largest absolute Gasteiger partial charge is 0.444 e. The first-order valence-corrected chi connectivity index (χ1v) is 7.76. The van der Waals surface area contributed by atoms with E-state index in [9.17, 15) is 4.79 Å². The summed E-state index contributed by atoms with van der Waals surface area (Å²) in [4.78, 5) is 13.9. The fraction of sp³-hybridized carbons (Fsp3) is 0.333. The maximum atomic E-state index is 12.1. The van der Waals surface area contributed by atoms with Gasteiger partial charge in [-0.25, -0.2) is 9.36 Å². The van der Waals surface area contributed by atoms with Gasteiger partial charge in [0.2, 0.25) is 0 Å². The summed E-state index contributed by atoms with van der Waals surface area (Å²) >= 11 is 0. The first kappa shape index (κ1) is 13.3. The fourth-order valence-corrected chi connectivity index (χ4v) is 3.57. The predicted molar refractivity (Wildman–Crippen MR) is 83.6 cm³/mol. The molecule has 22 heavy (non-hydrogen) atoms. The standard InChI is InChI=1S/C18H19N2O2/c1-3-17-16-10-14-9-12(13-5-4-8-19(2)11-13)6-7-15(14)20(16)18(21)22-17/h4-9,11,16-17H,3,10H2,1-2H3/q+1. The van der Waals surface area contributed by atoms with Gasteiger partial charge in [0.25, 0.3) is 0 Å². The molecule has 2 aromatic rings. The van der Waals surface area contributed by atoms with Crippen LogP contribution in [-0.4, -0.2) is 18.2 Å². The second-order valence-electron chi connectivity index (χ2n) is 6.07. The third-order valence-corrected chi connectivity index (χ3v) is 4.65. The Morgan fingerprint density at radius 2 is 2.18 bits per heavy atom. The van der Waals surface area contributed by atoms with E-state index in [0.717, 1.165) is 18.5 Å². The fourth-order valence-electron chi connectivity index (χ4n) is 3.57. The monoisotopic (exact) mass is 295 g/mol. The molecule has 1 aromatic heterocycles. The SMILES string of the molecule is CCC1OC(=O)N2c3ccc(-c4ccc[n+](C)c4)cc3CC12. The summed E-state index contributed by atoms with van der Waals surface area (Å²) in [6, 6.07) is 10.7. The zero-order chi connectivity index (χ0) is 15.3. The van der Waals surface area contributed by atoms with Crippen molar-refractivity contribution in [2.45, 2.75) is 31.9 Å². The van der Waals surface area contributed by atoms with Crippen LogP contribution in [0.25, 0.3) is 11.1 Å². The van der Waals surface area contributed by atoms with Gasteiger partial charge < -0.3 is 4.74 Å². The van der Waals surface area contributed by atoms with Crippen molar-refractivity contribution in [2.24, 2.45) is 7.05 Å². The molecule has 2 aliphatic heterocycles. The lowest BCUT2D eigenvalue weighted by molar-refractivity contribution is -0.671. The number of aromatic nitrogens is 1. The molecule has 0 saturated carbocycles. The number of carbonyl (C=O) groups excluding carboxylic acids is 1. The lowest BCUT2D eigenvalue weighted by atomic mass is 10.0. The van der Waals surface area contributed by atoms with Crippen molar-refractivity contribution in [1.82, 2.24) is 0 Å². The second kappa shape index (κ2) is 4.83. The van der Waals surface area contributed by atoms with Gasteiger partial charge in [-0.2, -0.15) is 0 Å². The van der Waals surface area contributed by atoms with Gasteiger partial charge in [-0.1, -0.05) is 13.0 Å². The minimum absolute atomic E-state index is 0.0119. The molecule has 0 bridgehead atoms. The van der Waals surface area contributed by atoms with Gasteiger partial charge in [-0.05, 0) is 42.2 Å². The second-order valence-corrected chi connectivity index (χ2v) is 6.07. The number of hydrogen-bond donors (Lipinski definition) is 0. The maximum absolute atomic E-state index is 12.1. The molecule has 4 heteroatoms. The van der Waals surface area contributed by atoms with E-state index in [4.69, 9.17) is 4.74 Å². The lowest BCUT2D eigenvalue weighted by Gasteiger charge is -2.14. The molecule has 1 aromatic carbocycles. The predicted octanol–water partition coefficient (Wildman–Crippen LogP) is 2.84. The molecule has 1 saturated heterocycles. The maximum Gasteiger partial charge on any atom is 0.415 e. The Morgan fingerprint density at radius 1 is 1.32 bits per heavy atom. The summed E-state index contributed by atoms with van der Waals surface area (Å²) in [5.74, 6) is 0. The topological polar surface area (TPSA) is 33.4 Å². The Balaban J connectivity index is 1.73. The molecule has 0 aliphatic carbocycles. The quantitative estimate of drug-likeness (QED) is 0.798. The molecule has 0 radical (unpaired) electrons. The van der Waals surface area contributed by atoms with E-state index in [0.29, 0.717) is 0 Å². The number of aryl methyl sites for hydroxylation is 1. The number of rotatable bonds is 2. The van der Waals surface area contributed by atoms with E-state index in [1.54, 1.807) is 0 Å². The third-order valence-electron chi connectivity index (χ3n) is 4.65. The van der Waals surface area contributed by atoms with E-state index in [2.05, 4.69) is 37.4 Å².